The van der Waals surface area contributed by atoms with E-state index < -0.39 is 40.4 Å². The smallest absolute Gasteiger partial charge is 0.282 e. The fourth-order valence-electron chi connectivity index (χ4n) is 4.91. The van der Waals surface area contributed by atoms with Gasteiger partial charge in [0.2, 0.25) is 5.75 Å². The van der Waals surface area contributed by atoms with Crippen molar-refractivity contribution >= 4 is 45.0 Å². The lowest BCUT2D eigenvalue weighted by Gasteiger charge is -2.49. The Morgan fingerprint density at radius 1 is 0.842 bits per heavy atom. The van der Waals surface area contributed by atoms with Crippen molar-refractivity contribution in [3.05, 3.63) is 85.9 Å². The van der Waals surface area contributed by atoms with E-state index in [1.807, 2.05) is 0 Å². The molecule has 3 aromatic rings. The molecular weight excluding hydrogens is 562 g/mol. The Morgan fingerprint density at radius 3 is 2.03 bits per heavy atom. The SMILES string of the molecule is COc1cc(C2C(N3C(=O)c4cccc([N+](=O)[O-])c4C3=O)C(=O)N2c2ccc(Br)cc2)cc(OC)c1OC. The van der Waals surface area contributed by atoms with E-state index in [9.17, 15) is 24.5 Å². The molecule has 0 spiro atoms. The molecule has 3 amide bonds. The minimum atomic E-state index is -1.27. The summed E-state index contributed by atoms with van der Waals surface area (Å²) < 4.78 is 17.2. The second-order valence-corrected chi connectivity index (χ2v) is 9.39. The van der Waals surface area contributed by atoms with Gasteiger partial charge in [-0.2, -0.15) is 0 Å². The Labute approximate surface area is 224 Å². The Hall–Kier alpha value is -4.45. The molecule has 0 aliphatic carbocycles. The molecule has 2 unspecified atom stereocenters. The van der Waals surface area contributed by atoms with Gasteiger partial charge in [0, 0.05) is 16.2 Å². The first-order valence-corrected chi connectivity index (χ1v) is 12.1. The molecule has 194 valence electrons. The molecule has 2 aliphatic rings. The standard InChI is InChI=1S/C26H20BrN3O8/c1-36-18-11-13(12-19(37-2)23(18)38-3)21-22(26(33)28(21)15-9-7-14(27)8-10-15)29-24(31)16-5-4-6-17(30(34)35)20(16)25(29)32/h4-12,21-22H,1-3H3. The number of carbonyl (C=O) groups excluding carboxylic acids is 3. The number of nitro benzene ring substituents is 1. The van der Waals surface area contributed by atoms with E-state index in [1.54, 1.807) is 36.4 Å². The van der Waals surface area contributed by atoms with E-state index in [0.29, 0.717) is 28.5 Å². The molecule has 12 heteroatoms. The third-order valence-electron chi connectivity index (χ3n) is 6.60. The quantitative estimate of drug-likeness (QED) is 0.176. The number of β-lactam (4-membered cyclic amide) rings is 1. The fourth-order valence-corrected chi connectivity index (χ4v) is 5.17. The molecule has 3 aromatic carbocycles. The topological polar surface area (TPSA) is 129 Å². The van der Waals surface area contributed by atoms with Gasteiger partial charge in [0.25, 0.3) is 23.4 Å². The van der Waals surface area contributed by atoms with Crippen LogP contribution in [-0.2, 0) is 4.79 Å². The third-order valence-corrected chi connectivity index (χ3v) is 7.13. The van der Waals surface area contributed by atoms with Crippen molar-refractivity contribution in [2.75, 3.05) is 26.2 Å². The summed E-state index contributed by atoms with van der Waals surface area (Å²) in [5, 5.41) is 11.6. The lowest BCUT2D eigenvalue weighted by molar-refractivity contribution is -0.385. The van der Waals surface area contributed by atoms with Crippen LogP contribution in [-0.4, -0.2) is 54.9 Å². The van der Waals surface area contributed by atoms with E-state index in [-0.39, 0.29) is 11.1 Å². The maximum Gasteiger partial charge on any atom is 0.282 e. The summed E-state index contributed by atoms with van der Waals surface area (Å²) >= 11 is 3.38. The number of benzene rings is 3. The van der Waals surface area contributed by atoms with E-state index in [1.165, 1.54) is 38.4 Å². The average Bonchev–Trinajstić information content (AvgIpc) is 3.16. The van der Waals surface area contributed by atoms with Crippen molar-refractivity contribution in [1.82, 2.24) is 4.90 Å². The van der Waals surface area contributed by atoms with Gasteiger partial charge in [-0.1, -0.05) is 22.0 Å². The van der Waals surface area contributed by atoms with Gasteiger partial charge in [-0.3, -0.25) is 29.4 Å². The summed E-state index contributed by atoms with van der Waals surface area (Å²) in [6.07, 6.45) is 0. The van der Waals surface area contributed by atoms with Gasteiger partial charge in [-0.15, -0.1) is 0 Å². The highest BCUT2D eigenvalue weighted by molar-refractivity contribution is 9.10. The van der Waals surface area contributed by atoms with Crippen LogP contribution in [0, 0.1) is 10.1 Å². The van der Waals surface area contributed by atoms with Crippen LogP contribution in [0.3, 0.4) is 0 Å². The Bertz CT molecular complexity index is 1480. The van der Waals surface area contributed by atoms with E-state index >= 15 is 0 Å². The van der Waals surface area contributed by atoms with Crippen molar-refractivity contribution in [2.45, 2.75) is 12.1 Å². The van der Waals surface area contributed by atoms with Crippen molar-refractivity contribution in [3.63, 3.8) is 0 Å². The van der Waals surface area contributed by atoms with Crippen LogP contribution in [0.5, 0.6) is 17.2 Å². The van der Waals surface area contributed by atoms with E-state index in [0.717, 1.165) is 15.4 Å². The molecule has 0 aromatic heterocycles. The molecule has 0 saturated carbocycles. The van der Waals surface area contributed by atoms with Gasteiger partial charge < -0.3 is 19.1 Å². The molecule has 0 N–H and O–H groups in total. The predicted molar refractivity (Wildman–Crippen MR) is 138 cm³/mol. The first kappa shape index (κ1) is 25.2. The molecule has 0 bridgehead atoms. The molecule has 11 nitrogen and oxygen atoms in total. The lowest BCUT2D eigenvalue weighted by Crippen LogP contribution is -2.67. The molecule has 38 heavy (non-hydrogen) atoms. The summed E-state index contributed by atoms with van der Waals surface area (Å²) in [7, 11) is 4.34. The van der Waals surface area contributed by atoms with Gasteiger partial charge in [-0.05, 0) is 48.0 Å². The minimum absolute atomic E-state index is 0.122. The van der Waals surface area contributed by atoms with Crippen LogP contribution in [0.4, 0.5) is 11.4 Å². The highest BCUT2D eigenvalue weighted by atomic mass is 79.9. The number of imide groups is 1. The number of methoxy groups -OCH3 is 3. The molecule has 1 fully saturated rings. The molecule has 2 heterocycles. The Morgan fingerprint density at radius 2 is 1.47 bits per heavy atom. The molecular formula is C26H20BrN3O8. The monoisotopic (exact) mass is 581 g/mol. The zero-order valence-corrected chi connectivity index (χ0v) is 21.9. The van der Waals surface area contributed by atoms with Gasteiger partial charge in [0.1, 0.15) is 11.6 Å². The number of ether oxygens (including phenoxy) is 3. The predicted octanol–water partition coefficient (Wildman–Crippen LogP) is 4.14. The zero-order chi connectivity index (χ0) is 27.3. The number of hydrogen-bond donors (Lipinski definition) is 0. The van der Waals surface area contributed by atoms with Crippen molar-refractivity contribution in [1.29, 1.82) is 0 Å². The molecule has 5 rings (SSSR count). The van der Waals surface area contributed by atoms with Crippen molar-refractivity contribution in [2.24, 2.45) is 0 Å². The maximum atomic E-state index is 13.7. The number of nitrogens with zero attached hydrogens (tertiary/aromatic N) is 3. The van der Waals surface area contributed by atoms with E-state index in [2.05, 4.69) is 15.9 Å². The third kappa shape index (κ3) is 3.67. The second kappa shape index (κ2) is 9.45. The normalized spacial score (nSPS) is 18.3. The number of hydrogen-bond acceptors (Lipinski definition) is 8. The minimum Gasteiger partial charge on any atom is -0.493 e. The number of halogens is 1. The number of carbonyl (C=O) groups is 3. The molecule has 2 aliphatic heterocycles. The van der Waals surface area contributed by atoms with Crippen LogP contribution < -0.4 is 19.1 Å². The lowest BCUT2D eigenvalue weighted by atomic mass is 9.86. The van der Waals surface area contributed by atoms with Gasteiger partial charge in [0.15, 0.2) is 11.5 Å². The van der Waals surface area contributed by atoms with Crippen LogP contribution in [0.2, 0.25) is 0 Å². The summed E-state index contributed by atoms with van der Waals surface area (Å²) in [6.45, 7) is 0. The van der Waals surface area contributed by atoms with Gasteiger partial charge >= 0.3 is 0 Å². The summed E-state index contributed by atoms with van der Waals surface area (Å²) in [6, 6.07) is 11.9. The molecule has 0 radical (unpaired) electrons. The van der Waals surface area contributed by atoms with Crippen LogP contribution in [0.1, 0.15) is 32.3 Å². The number of amides is 3. The number of anilines is 1. The maximum absolute atomic E-state index is 13.7. The van der Waals surface area contributed by atoms with Gasteiger partial charge in [0.05, 0.1) is 37.9 Å². The van der Waals surface area contributed by atoms with E-state index in [4.69, 9.17) is 14.2 Å². The largest absolute Gasteiger partial charge is 0.493 e. The summed E-state index contributed by atoms with van der Waals surface area (Å²) in [5.41, 5.74) is 0.0712. The number of rotatable bonds is 7. The van der Waals surface area contributed by atoms with Gasteiger partial charge in [-0.25, -0.2) is 0 Å². The first-order valence-electron chi connectivity index (χ1n) is 11.3. The number of nitro groups is 1. The molecule has 2 atom stereocenters. The van der Waals surface area contributed by atoms with Crippen LogP contribution in [0.15, 0.2) is 59.1 Å². The second-order valence-electron chi connectivity index (χ2n) is 8.47. The Balaban J connectivity index is 1.66. The number of fused-ring (bicyclic) bond motifs is 1. The highest BCUT2D eigenvalue weighted by Gasteiger charge is 2.58. The highest BCUT2D eigenvalue weighted by Crippen LogP contribution is 2.48. The Kier molecular flexibility index (Phi) is 6.27. The fraction of sp³-hybridized carbons (Fsp3) is 0.192. The zero-order valence-electron chi connectivity index (χ0n) is 20.3. The summed E-state index contributed by atoms with van der Waals surface area (Å²) in [4.78, 5) is 53.7. The molecule has 1 saturated heterocycles. The van der Waals surface area contributed by atoms with Crippen LogP contribution >= 0.6 is 15.9 Å². The van der Waals surface area contributed by atoms with Crippen molar-refractivity contribution in [3.8, 4) is 17.2 Å². The summed E-state index contributed by atoms with van der Waals surface area (Å²) in [5.74, 6) is -1.25. The first-order chi connectivity index (χ1) is 18.2. The van der Waals surface area contributed by atoms with Crippen molar-refractivity contribution < 1.29 is 33.5 Å². The average molecular weight is 582 g/mol. The van der Waals surface area contributed by atoms with Crippen LogP contribution in [0.25, 0.3) is 0 Å².